The number of cyclic esters (lactones) is 2. The Hall–Kier alpha value is -1.82. The number of aromatic hydroxyl groups is 1. The van der Waals surface area contributed by atoms with Gasteiger partial charge < -0.3 is 14.6 Å². The molecule has 0 aromatic heterocycles. The Bertz CT molecular complexity index is 688. The Balaban J connectivity index is 2.53. The molecule has 0 unspecified atom stereocenters. The second-order valence-corrected chi connectivity index (χ2v) is 7.74. The molecule has 124 valence electrons. The van der Waals surface area contributed by atoms with Crippen molar-refractivity contribution in [1.29, 1.82) is 0 Å². The predicted octanol–water partition coefficient (Wildman–Crippen LogP) is 3.67. The number of phenolic OH excluding ortho intramolecular Hbond substituents is 1. The lowest BCUT2D eigenvalue weighted by Gasteiger charge is -2.29. The van der Waals surface area contributed by atoms with Crippen molar-refractivity contribution in [2.75, 3.05) is 0 Å². The van der Waals surface area contributed by atoms with Gasteiger partial charge in [0.25, 0.3) is 5.79 Å². The van der Waals surface area contributed by atoms with E-state index < -0.39 is 17.7 Å². The molecule has 6 heteroatoms. The lowest BCUT2D eigenvalue weighted by atomic mass is 9.86. The van der Waals surface area contributed by atoms with Crippen LogP contribution in [0.5, 0.6) is 5.75 Å². The van der Waals surface area contributed by atoms with Crippen LogP contribution in [0.2, 0.25) is 0 Å². The molecule has 1 N–H and O–H groups in total. The highest BCUT2D eigenvalue weighted by molar-refractivity contribution is 9.10. The Morgan fingerprint density at radius 2 is 1.65 bits per heavy atom. The van der Waals surface area contributed by atoms with Crippen LogP contribution in [0.25, 0.3) is 6.08 Å². The summed E-state index contributed by atoms with van der Waals surface area (Å²) < 4.78 is 10.6. The molecule has 0 saturated carbocycles. The Labute approximate surface area is 143 Å². The molecule has 1 saturated heterocycles. The van der Waals surface area contributed by atoms with E-state index in [4.69, 9.17) is 9.47 Å². The van der Waals surface area contributed by atoms with E-state index in [0.29, 0.717) is 10.0 Å². The Morgan fingerprint density at radius 1 is 1.13 bits per heavy atom. The third-order valence-corrected chi connectivity index (χ3v) is 3.98. The van der Waals surface area contributed by atoms with Crippen molar-refractivity contribution >= 4 is 33.9 Å². The summed E-state index contributed by atoms with van der Waals surface area (Å²) in [6, 6.07) is 3.53. The smallest absolute Gasteiger partial charge is 0.348 e. The molecule has 0 spiro atoms. The normalized spacial score (nSPS) is 17.6. The molecule has 1 fully saturated rings. The summed E-state index contributed by atoms with van der Waals surface area (Å²) in [6.07, 6.45) is 1.29. The number of benzene rings is 1. The van der Waals surface area contributed by atoms with Gasteiger partial charge in [-0.2, -0.15) is 0 Å². The molecule has 0 atom stereocenters. The molecule has 0 aliphatic carbocycles. The van der Waals surface area contributed by atoms with E-state index in [9.17, 15) is 14.7 Å². The van der Waals surface area contributed by atoms with Gasteiger partial charge in [0.05, 0.1) is 4.47 Å². The molecule has 0 radical (unpaired) electrons. The van der Waals surface area contributed by atoms with Gasteiger partial charge in [-0.05, 0) is 45.1 Å². The zero-order valence-electron chi connectivity index (χ0n) is 13.7. The summed E-state index contributed by atoms with van der Waals surface area (Å²) >= 11 is 3.29. The van der Waals surface area contributed by atoms with E-state index >= 15 is 0 Å². The lowest BCUT2D eigenvalue weighted by Crippen LogP contribution is -2.41. The lowest BCUT2D eigenvalue weighted by molar-refractivity contribution is -0.222. The van der Waals surface area contributed by atoms with Gasteiger partial charge in [0.15, 0.2) is 0 Å². The zero-order valence-corrected chi connectivity index (χ0v) is 15.3. The summed E-state index contributed by atoms with van der Waals surface area (Å²) in [5.41, 5.74) is 0.858. The summed E-state index contributed by atoms with van der Waals surface area (Å²) in [5, 5.41) is 10.2. The number of halogens is 1. The first-order valence-electron chi connectivity index (χ1n) is 7.12. The summed E-state index contributed by atoms with van der Waals surface area (Å²) in [7, 11) is 0. The SMILES string of the molecule is CC1(C)OC(=O)C(=Cc2cc(C(C)(C)C)cc(Br)c2O)C(=O)O1. The molecule has 1 heterocycles. The quantitative estimate of drug-likeness (QED) is 0.455. The number of hydrogen-bond donors (Lipinski definition) is 1. The number of carbonyl (C=O) groups excluding carboxylic acids is 2. The van der Waals surface area contributed by atoms with Crippen LogP contribution in [0.3, 0.4) is 0 Å². The maximum absolute atomic E-state index is 12.0. The second-order valence-electron chi connectivity index (χ2n) is 6.88. The summed E-state index contributed by atoms with van der Waals surface area (Å²) in [4.78, 5) is 24.0. The van der Waals surface area contributed by atoms with Crippen molar-refractivity contribution in [1.82, 2.24) is 0 Å². The molecule has 23 heavy (non-hydrogen) atoms. The third kappa shape index (κ3) is 3.75. The third-order valence-electron chi connectivity index (χ3n) is 3.38. The molecule has 1 aliphatic heterocycles. The van der Waals surface area contributed by atoms with Crippen LogP contribution in [0, 0.1) is 0 Å². The molecule has 5 nitrogen and oxygen atoms in total. The first-order chi connectivity index (χ1) is 10.4. The zero-order chi connectivity index (χ0) is 17.6. The fourth-order valence-corrected chi connectivity index (χ4v) is 2.57. The number of phenols is 1. The van der Waals surface area contributed by atoms with Gasteiger partial charge in [0.1, 0.15) is 11.3 Å². The highest BCUT2D eigenvalue weighted by Gasteiger charge is 2.39. The van der Waals surface area contributed by atoms with E-state index in [2.05, 4.69) is 15.9 Å². The monoisotopic (exact) mass is 382 g/mol. The minimum absolute atomic E-state index is 0.0593. The molecule has 0 bridgehead atoms. The first kappa shape index (κ1) is 17.5. The Kier molecular flexibility index (Phi) is 4.32. The number of hydrogen-bond acceptors (Lipinski definition) is 5. The Morgan fingerprint density at radius 3 is 2.13 bits per heavy atom. The molecule has 1 aliphatic rings. The summed E-state index contributed by atoms with van der Waals surface area (Å²) in [5.74, 6) is -2.90. The maximum atomic E-state index is 12.0. The summed E-state index contributed by atoms with van der Waals surface area (Å²) in [6.45, 7) is 9.03. The molecule has 1 aromatic rings. The maximum Gasteiger partial charge on any atom is 0.348 e. The molecule has 1 aromatic carbocycles. The average Bonchev–Trinajstić information content (AvgIpc) is 2.35. The van der Waals surface area contributed by atoms with Gasteiger partial charge in [-0.3, -0.25) is 0 Å². The van der Waals surface area contributed by atoms with Crippen LogP contribution in [-0.2, 0) is 24.5 Å². The van der Waals surface area contributed by atoms with Gasteiger partial charge in [0.2, 0.25) is 0 Å². The fraction of sp³-hybridized carbons (Fsp3) is 0.412. The van der Waals surface area contributed by atoms with Crippen LogP contribution in [0.15, 0.2) is 22.2 Å². The molecular formula is C17H19BrO5. The minimum Gasteiger partial charge on any atom is -0.506 e. The van der Waals surface area contributed by atoms with Crippen LogP contribution >= 0.6 is 15.9 Å². The number of carbonyl (C=O) groups is 2. The highest BCUT2D eigenvalue weighted by Crippen LogP contribution is 2.36. The van der Waals surface area contributed by atoms with Gasteiger partial charge in [-0.25, -0.2) is 9.59 Å². The van der Waals surface area contributed by atoms with Crippen molar-refractivity contribution in [2.24, 2.45) is 0 Å². The van der Waals surface area contributed by atoms with Gasteiger partial charge >= 0.3 is 11.9 Å². The predicted molar refractivity (Wildman–Crippen MR) is 88.7 cm³/mol. The fourth-order valence-electron chi connectivity index (χ4n) is 2.10. The van der Waals surface area contributed by atoms with E-state index in [1.54, 1.807) is 12.1 Å². The number of esters is 2. The van der Waals surface area contributed by atoms with Gasteiger partial charge in [0, 0.05) is 19.4 Å². The van der Waals surface area contributed by atoms with E-state index in [1.807, 2.05) is 20.8 Å². The molecule has 0 amide bonds. The van der Waals surface area contributed by atoms with Crippen molar-refractivity contribution in [3.63, 3.8) is 0 Å². The molecular weight excluding hydrogens is 364 g/mol. The number of rotatable bonds is 1. The molecule has 2 rings (SSSR count). The van der Waals surface area contributed by atoms with Gasteiger partial charge in [-0.1, -0.05) is 20.8 Å². The standard InChI is InChI=1S/C17H19BrO5/c1-16(2,3)10-6-9(13(19)12(18)8-10)7-11-14(20)22-17(4,5)23-15(11)21/h6-8,19H,1-5H3. The van der Waals surface area contributed by atoms with Crippen LogP contribution in [-0.4, -0.2) is 22.8 Å². The van der Waals surface area contributed by atoms with Crippen molar-refractivity contribution < 1.29 is 24.2 Å². The van der Waals surface area contributed by atoms with Crippen molar-refractivity contribution in [3.8, 4) is 5.75 Å². The average molecular weight is 383 g/mol. The largest absolute Gasteiger partial charge is 0.506 e. The van der Waals surface area contributed by atoms with Crippen LogP contribution in [0.4, 0.5) is 0 Å². The van der Waals surface area contributed by atoms with Crippen molar-refractivity contribution in [3.05, 3.63) is 33.3 Å². The van der Waals surface area contributed by atoms with Gasteiger partial charge in [-0.15, -0.1) is 0 Å². The van der Waals surface area contributed by atoms with E-state index in [-0.39, 0.29) is 16.7 Å². The van der Waals surface area contributed by atoms with Crippen LogP contribution in [0.1, 0.15) is 45.7 Å². The number of ether oxygens (including phenoxy) is 2. The van der Waals surface area contributed by atoms with E-state index in [1.165, 1.54) is 19.9 Å². The highest BCUT2D eigenvalue weighted by atomic mass is 79.9. The minimum atomic E-state index is -1.29. The first-order valence-corrected chi connectivity index (χ1v) is 7.91. The van der Waals surface area contributed by atoms with E-state index in [0.717, 1.165) is 5.56 Å². The van der Waals surface area contributed by atoms with Crippen LogP contribution < -0.4 is 0 Å². The van der Waals surface area contributed by atoms with Crippen molar-refractivity contribution in [2.45, 2.75) is 45.8 Å². The topological polar surface area (TPSA) is 72.8 Å². The second kappa shape index (κ2) is 5.67.